The molecule has 0 aromatic rings. The number of hydrogen-bond donors (Lipinski definition) is 1. The fraction of sp³-hybridized carbons (Fsp3) is 0.667. The van der Waals surface area contributed by atoms with E-state index < -0.39 is 5.97 Å². The second-order valence-electron chi connectivity index (χ2n) is 5.83. The Kier molecular flexibility index (Phi) is 9.98. The van der Waals surface area contributed by atoms with Crippen molar-refractivity contribution in [1.29, 1.82) is 0 Å². The minimum Gasteiger partial charge on any atom is -0.481 e. The van der Waals surface area contributed by atoms with Crippen LogP contribution in [0.1, 0.15) is 45.4 Å². The van der Waals surface area contributed by atoms with Crippen LogP contribution in [-0.2, 0) is 19.1 Å². The molecule has 136 valence electrons. The second kappa shape index (κ2) is 11.4. The third kappa shape index (κ3) is 7.20. The van der Waals surface area contributed by atoms with Crippen molar-refractivity contribution in [1.82, 2.24) is 0 Å². The van der Waals surface area contributed by atoms with E-state index in [0.717, 1.165) is 25.7 Å². The molecule has 0 aromatic heterocycles. The van der Waals surface area contributed by atoms with Crippen LogP contribution in [0.25, 0.3) is 0 Å². The first-order valence-electron chi connectivity index (χ1n) is 8.28. The lowest BCUT2D eigenvalue weighted by atomic mass is 9.84. The lowest BCUT2D eigenvalue weighted by Crippen LogP contribution is -2.36. The van der Waals surface area contributed by atoms with E-state index in [2.05, 4.69) is 12.2 Å². The summed E-state index contributed by atoms with van der Waals surface area (Å²) in [4.78, 5) is 22.0. The highest BCUT2D eigenvalue weighted by Gasteiger charge is 2.35. The smallest absolute Gasteiger partial charge is 0.303 e. The van der Waals surface area contributed by atoms with Crippen molar-refractivity contribution in [3.63, 3.8) is 0 Å². The first-order valence-corrected chi connectivity index (χ1v) is 9.16. The van der Waals surface area contributed by atoms with Crippen LogP contribution in [0.3, 0.4) is 0 Å². The Morgan fingerprint density at radius 2 is 2.08 bits per heavy atom. The maximum atomic E-state index is 11.6. The molecule has 0 saturated heterocycles. The summed E-state index contributed by atoms with van der Waals surface area (Å²) >= 11 is 1.37. The van der Waals surface area contributed by atoms with Gasteiger partial charge in [-0.3, -0.25) is 9.59 Å². The summed E-state index contributed by atoms with van der Waals surface area (Å²) in [6.07, 6.45) is 10.2. The Labute approximate surface area is 148 Å². The largest absolute Gasteiger partial charge is 0.481 e. The number of methoxy groups -OCH3 is 2. The number of aliphatic carboxylic acids is 1. The molecule has 0 saturated carbocycles. The molecule has 0 heterocycles. The molecular weight excluding hydrogens is 328 g/mol. The van der Waals surface area contributed by atoms with E-state index in [0.29, 0.717) is 6.42 Å². The Bertz CT molecular complexity index is 468. The number of allylic oxidation sites excluding steroid dienone is 3. The monoisotopic (exact) mass is 356 g/mol. The summed E-state index contributed by atoms with van der Waals surface area (Å²) in [5, 5.41) is 8.91. The molecule has 1 aliphatic rings. The highest BCUT2D eigenvalue weighted by Crippen LogP contribution is 2.39. The number of unbranched alkanes of at least 4 members (excludes halogenated alkanes) is 1. The van der Waals surface area contributed by atoms with Gasteiger partial charge in [0.05, 0.1) is 0 Å². The summed E-state index contributed by atoms with van der Waals surface area (Å²) in [5.74, 6) is -0.711. The molecular formula is C18H28O5S. The second-order valence-corrected chi connectivity index (χ2v) is 7.25. The van der Waals surface area contributed by atoms with Gasteiger partial charge in [0.15, 0.2) is 11.4 Å². The van der Waals surface area contributed by atoms with E-state index in [1.165, 1.54) is 17.3 Å². The van der Waals surface area contributed by atoms with Crippen molar-refractivity contribution < 1.29 is 24.2 Å². The first kappa shape index (κ1) is 20.9. The van der Waals surface area contributed by atoms with Crippen molar-refractivity contribution >= 4 is 22.8 Å². The molecule has 0 amide bonds. The number of rotatable bonds is 10. The normalized spacial score (nSPS) is 21.2. The van der Waals surface area contributed by atoms with E-state index in [1.54, 1.807) is 21.1 Å². The van der Waals surface area contributed by atoms with Crippen molar-refractivity contribution in [2.75, 3.05) is 14.2 Å². The van der Waals surface area contributed by atoms with Gasteiger partial charge in [0.25, 0.3) is 0 Å². The van der Waals surface area contributed by atoms with Crippen LogP contribution < -0.4 is 0 Å². The predicted molar refractivity (Wildman–Crippen MR) is 95.9 cm³/mol. The van der Waals surface area contributed by atoms with Crippen LogP contribution in [0.2, 0.25) is 0 Å². The van der Waals surface area contributed by atoms with Crippen LogP contribution in [0.5, 0.6) is 0 Å². The molecule has 0 unspecified atom stereocenters. The lowest BCUT2D eigenvalue weighted by molar-refractivity contribution is -0.137. The summed E-state index contributed by atoms with van der Waals surface area (Å²) in [5.41, 5.74) is 1.23. The number of thioether (sulfide) groups is 1. The Hall–Kier alpha value is -1.11. The predicted octanol–water partition coefficient (Wildman–Crippen LogP) is 3.79. The van der Waals surface area contributed by atoms with Crippen molar-refractivity contribution in [3.8, 4) is 0 Å². The van der Waals surface area contributed by atoms with Gasteiger partial charge >= 0.3 is 5.97 Å². The zero-order valence-electron chi connectivity index (χ0n) is 14.7. The molecule has 0 aliphatic heterocycles. The minimum absolute atomic E-state index is 0.0475. The van der Waals surface area contributed by atoms with Crippen LogP contribution in [0.15, 0.2) is 23.8 Å². The van der Waals surface area contributed by atoms with Crippen LogP contribution in [0, 0.1) is 5.92 Å². The van der Waals surface area contributed by atoms with Gasteiger partial charge in [0.1, 0.15) is 0 Å². The van der Waals surface area contributed by atoms with Gasteiger partial charge in [-0.15, -0.1) is 0 Å². The number of hydrogen-bond acceptors (Lipinski definition) is 5. The fourth-order valence-corrected chi connectivity index (χ4v) is 4.13. The fourth-order valence-electron chi connectivity index (χ4n) is 3.00. The molecule has 0 aromatic carbocycles. The number of carboxylic acid groups (broad SMARTS) is 1. The summed E-state index contributed by atoms with van der Waals surface area (Å²) in [6, 6.07) is 0. The maximum absolute atomic E-state index is 11.6. The van der Waals surface area contributed by atoms with E-state index in [9.17, 15) is 9.59 Å². The zero-order chi connectivity index (χ0) is 17.9. The summed E-state index contributed by atoms with van der Waals surface area (Å²) < 4.78 is 11.0. The molecule has 0 spiro atoms. The SMILES string of the molecule is COC(OC)[C@@H]1C(C/C=C\CCCC(=O)O)=CCC[C@@H]1SC(C)=O. The number of carbonyl (C=O) groups is 2. The van der Waals surface area contributed by atoms with Crippen molar-refractivity contribution in [2.45, 2.75) is 57.0 Å². The highest BCUT2D eigenvalue weighted by atomic mass is 32.2. The summed E-state index contributed by atoms with van der Waals surface area (Å²) in [7, 11) is 3.25. The highest BCUT2D eigenvalue weighted by molar-refractivity contribution is 8.14. The Morgan fingerprint density at radius 1 is 1.38 bits per heavy atom. The Morgan fingerprint density at radius 3 is 2.67 bits per heavy atom. The molecule has 5 nitrogen and oxygen atoms in total. The number of ether oxygens (including phenoxy) is 2. The van der Waals surface area contributed by atoms with Gasteiger partial charge in [-0.05, 0) is 32.1 Å². The van der Waals surface area contributed by atoms with Crippen LogP contribution >= 0.6 is 11.8 Å². The van der Waals surface area contributed by atoms with Crippen LogP contribution in [0.4, 0.5) is 0 Å². The van der Waals surface area contributed by atoms with Gasteiger partial charge in [-0.1, -0.05) is 35.6 Å². The van der Waals surface area contributed by atoms with E-state index >= 15 is 0 Å². The molecule has 24 heavy (non-hydrogen) atoms. The third-order valence-electron chi connectivity index (χ3n) is 4.04. The van der Waals surface area contributed by atoms with Crippen LogP contribution in [-0.4, -0.2) is 42.0 Å². The molecule has 0 fully saturated rings. The first-order chi connectivity index (χ1) is 11.5. The Balaban J connectivity index is 2.70. The quantitative estimate of drug-likeness (QED) is 0.365. The number of carbonyl (C=O) groups excluding carboxylic acids is 1. The molecule has 0 radical (unpaired) electrons. The van der Waals surface area contributed by atoms with Gasteiger partial charge in [-0.25, -0.2) is 0 Å². The van der Waals surface area contributed by atoms with Gasteiger partial charge in [0, 0.05) is 38.7 Å². The zero-order valence-corrected chi connectivity index (χ0v) is 15.5. The topological polar surface area (TPSA) is 72.8 Å². The van der Waals surface area contributed by atoms with E-state index in [1.807, 2.05) is 6.08 Å². The molecule has 1 aliphatic carbocycles. The molecule has 0 bridgehead atoms. The molecule has 6 heteroatoms. The average Bonchev–Trinajstić information content (AvgIpc) is 2.53. The molecule has 1 rings (SSSR count). The van der Waals surface area contributed by atoms with Gasteiger partial charge in [0.2, 0.25) is 0 Å². The lowest BCUT2D eigenvalue weighted by Gasteiger charge is -2.35. The third-order valence-corrected chi connectivity index (χ3v) is 5.21. The molecule has 1 N–H and O–H groups in total. The maximum Gasteiger partial charge on any atom is 0.303 e. The standard InChI is InChI=1S/C18H28O5S/c1-13(19)24-15-11-8-10-14(17(15)18(22-2)23-3)9-6-4-5-7-12-16(20)21/h4,6,10,15,17-18H,5,7-9,11-12H2,1-3H3,(H,20,21)/b6-4-/t15-,17+/m0/s1. The average molecular weight is 356 g/mol. The molecule has 2 atom stereocenters. The van der Waals surface area contributed by atoms with Gasteiger partial charge < -0.3 is 14.6 Å². The minimum atomic E-state index is -0.759. The van der Waals surface area contributed by atoms with Crippen molar-refractivity contribution in [3.05, 3.63) is 23.8 Å². The van der Waals surface area contributed by atoms with Crippen molar-refractivity contribution in [2.24, 2.45) is 5.92 Å². The number of carboxylic acids is 1. The van der Waals surface area contributed by atoms with Gasteiger partial charge in [-0.2, -0.15) is 0 Å². The van der Waals surface area contributed by atoms with E-state index in [-0.39, 0.29) is 29.0 Å². The summed E-state index contributed by atoms with van der Waals surface area (Å²) in [6.45, 7) is 1.59. The van der Waals surface area contributed by atoms with E-state index in [4.69, 9.17) is 14.6 Å².